The van der Waals surface area contributed by atoms with E-state index in [4.69, 9.17) is 0 Å². The maximum Gasteiger partial charge on any atom is 0.323 e. The number of carbonyl (C=O) groups is 1. The number of phenolic OH excluding ortho intramolecular Hbond substituents is 2. The molecule has 8 rings (SSSR count). The number of urea groups is 1. The van der Waals surface area contributed by atoms with Crippen molar-refractivity contribution >= 4 is 102 Å². The zero-order valence-electron chi connectivity index (χ0n) is 28.6. The highest BCUT2D eigenvalue weighted by molar-refractivity contribution is 7.94. The summed E-state index contributed by atoms with van der Waals surface area (Å²) >= 11 is 0. The Hall–Kier alpha value is -5.97. The Morgan fingerprint density at radius 1 is 0.571 bits per heavy atom. The molecule has 0 unspecified atom stereocenters. The van der Waals surface area contributed by atoms with Crippen LogP contribution in [0, 0.1) is 13.8 Å². The van der Waals surface area contributed by atoms with Crippen molar-refractivity contribution in [3.63, 3.8) is 0 Å². The van der Waals surface area contributed by atoms with E-state index in [1.807, 2.05) is 0 Å². The molecule has 56 heavy (non-hydrogen) atoms. The van der Waals surface area contributed by atoms with Gasteiger partial charge in [-0.2, -0.15) is 16.8 Å². The van der Waals surface area contributed by atoms with Crippen LogP contribution < -0.4 is 19.2 Å². The van der Waals surface area contributed by atoms with Gasteiger partial charge in [-0.15, -0.1) is 0 Å². The summed E-state index contributed by atoms with van der Waals surface area (Å²) in [7, 11) is -19.0. The fraction of sp³-hybridized carbons (Fsp3) is 0.0571. The summed E-state index contributed by atoms with van der Waals surface area (Å²) in [6.45, 7) is 2.89. The summed E-state index contributed by atoms with van der Waals surface area (Å²) in [5.41, 5.74) is -1.34. The summed E-state index contributed by atoms with van der Waals surface area (Å²) in [6, 6.07) is 16.9. The maximum absolute atomic E-state index is 14.3. The molecule has 2 amide bonds. The molecule has 0 atom stereocenters. The van der Waals surface area contributed by atoms with Gasteiger partial charge in [0.25, 0.3) is 40.3 Å². The molecule has 17 nitrogen and oxygen atoms in total. The number of amides is 2. The third-order valence-electron chi connectivity index (χ3n) is 9.45. The van der Waals surface area contributed by atoms with Gasteiger partial charge >= 0.3 is 6.03 Å². The van der Waals surface area contributed by atoms with Gasteiger partial charge < -0.3 is 20.8 Å². The van der Waals surface area contributed by atoms with Gasteiger partial charge in [0.15, 0.2) is 0 Å². The first-order valence-electron chi connectivity index (χ1n) is 16.1. The molecule has 2 heterocycles. The molecule has 21 heteroatoms. The third kappa shape index (κ3) is 5.27. The van der Waals surface area contributed by atoms with Crippen LogP contribution in [0.25, 0.3) is 21.5 Å². The molecule has 2 aliphatic rings. The summed E-state index contributed by atoms with van der Waals surface area (Å²) in [5, 5.41) is 26.9. The predicted octanol–water partition coefficient (Wildman–Crippen LogP) is 5.84. The van der Waals surface area contributed by atoms with Crippen molar-refractivity contribution in [2.45, 2.75) is 33.4 Å². The van der Waals surface area contributed by atoms with Crippen molar-refractivity contribution in [1.82, 2.24) is 0 Å². The number of hydrogen-bond donors (Lipinski definition) is 6. The zero-order chi connectivity index (χ0) is 40.4. The van der Waals surface area contributed by atoms with Crippen molar-refractivity contribution in [3.8, 4) is 11.5 Å². The lowest BCUT2D eigenvalue weighted by Gasteiger charge is -2.22. The molecule has 288 valence electrons. The van der Waals surface area contributed by atoms with Crippen molar-refractivity contribution < 1.29 is 57.8 Å². The van der Waals surface area contributed by atoms with Gasteiger partial charge in [-0.05, 0) is 37.1 Å². The number of sulfonamides is 2. The Morgan fingerprint density at radius 3 is 1.25 bits per heavy atom. The maximum atomic E-state index is 14.3. The average Bonchev–Trinajstić information content (AvgIpc) is 3.35. The highest BCUT2D eigenvalue weighted by Gasteiger charge is 2.45. The molecule has 2 aliphatic heterocycles. The molecule has 0 saturated carbocycles. The first-order valence-corrected chi connectivity index (χ1v) is 21.8. The van der Waals surface area contributed by atoms with Crippen molar-refractivity contribution in [2.24, 2.45) is 0 Å². The number of aryl methyl sites for hydroxylation is 2. The number of phenols is 2. The van der Waals surface area contributed by atoms with E-state index in [9.17, 15) is 57.8 Å². The van der Waals surface area contributed by atoms with E-state index in [1.54, 1.807) is 0 Å². The number of hydrogen-bond acceptors (Lipinski definition) is 11. The van der Waals surface area contributed by atoms with Crippen LogP contribution in [0.5, 0.6) is 11.5 Å². The van der Waals surface area contributed by atoms with E-state index >= 15 is 0 Å². The first kappa shape index (κ1) is 37.0. The fourth-order valence-corrected chi connectivity index (χ4v) is 12.5. The van der Waals surface area contributed by atoms with Gasteiger partial charge in [0.05, 0.1) is 22.7 Å². The number of nitrogens with one attached hydrogen (secondary N) is 2. The number of anilines is 6. The van der Waals surface area contributed by atoms with Crippen LogP contribution in [-0.4, -0.2) is 59.0 Å². The molecule has 0 aliphatic carbocycles. The molecule has 6 aromatic rings. The largest absolute Gasteiger partial charge is 0.506 e. The second-order valence-corrected chi connectivity index (χ2v) is 19.1. The molecule has 0 saturated heterocycles. The molecule has 0 spiro atoms. The monoisotopic (exact) mass is 838 g/mol. The molecular formula is C35H26N4O13S4. The van der Waals surface area contributed by atoms with Gasteiger partial charge in [0, 0.05) is 33.7 Å². The normalized spacial score (nSPS) is 15.4. The smallest absolute Gasteiger partial charge is 0.323 e. The minimum absolute atomic E-state index is 0.0789. The summed E-state index contributed by atoms with van der Waals surface area (Å²) in [6.07, 6.45) is 0. The standard InChI is InChI=1S/C35H26N4O13S4/c1-17-11-13-23-29(33(17)53(43,44)38(23)31-21-9-5-3-7-19(21)27(15-25(31)40)55(47,48)49)36-35(42)37-30-24-14-12-18(2)34(30)54(45,46)39(24)32-22-10-6-4-8-20(22)28(16-26(32)41)56(50,51)52/h3-16,40-41H,1-2H3,(H2,36,37,42)(H,47,48,49)(H,50,51,52). The van der Waals surface area contributed by atoms with Crippen molar-refractivity contribution in [2.75, 3.05) is 19.2 Å². The third-order valence-corrected chi connectivity index (χ3v) is 15.0. The summed E-state index contributed by atoms with van der Waals surface area (Å²) in [4.78, 5) is 11.8. The van der Waals surface area contributed by atoms with Crippen LogP contribution in [0.4, 0.5) is 38.9 Å². The topological polar surface area (TPSA) is 265 Å². The minimum atomic E-state index is -4.88. The number of fused-ring (bicyclic) bond motifs is 6. The highest BCUT2D eigenvalue weighted by Crippen LogP contribution is 2.55. The van der Waals surface area contributed by atoms with Crippen LogP contribution in [0.3, 0.4) is 0 Å². The Kier molecular flexibility index (Phi) is 7.93. The van der Waals surface area contributed by atoms with Gasteiger partial charge in [-0.1, -0.05) is 60.7 Å². The average molecular weight is 839 g/mol. The number of nitrogens with zero attached hydrogens (tertiary/aromatic N) is 2. The van der Waals surface area contributed by atoms with E-state index in [2.05, 4.69) is 10.6 Å². The Morgan fingerprint density at radius 2 is 0.911 bits per heavy atom. The van der Waals surface area contributed by atoms with Crippen molar-refractivity contribution in [3.05, 3.63) is 96.1 Å². The number of benzene rings is 6. The molecule has 4 bridgehead atoms. The zero-order valence-corrected chi connectivity index (χ0v) is 31.8. The van der Waals surface area contributed by atoms with Crippen LogP contribution in [0.15, 0.2) is 105 Å². The van der Waals surface area contributed by atoms with Crippen molar-refractivity contribution in [1.29, 1.82) is 0 Å². The number of carbonyl (C=O) groups excluding carboxylic acids is 1. The fourth-order valence-electron chi connectivity index (χ4n) is 7.26. The lowest BCUT2D eigenvalue weighted by Crippen LogP contribution is -2.22. The van der Waals surface area contributed by atoms with Crippen LogP contribution in [-0.2, 0) is 40.3 Å². The second-order valence-electron chi connectivity index (χ2n) is 12.9. The van der Waals surface area contributed by atoms with Gasteiger partial charge in [-0.3, -0.25) is 9.11 Å². The van der Waals surface area contributed by atoms with E-state index in [0.717, 1.165) is 0 Å². The Balaban J connectivity index is 1.24. The van der Waals surface area contributed by atoms with Crippen LogP contribution >= 0.6 is 0 Å². The van der Waals surface area contributed by atoms with Gasteiger partial charge in [0.1, 0.15) is 42.5 Å². The van der Waals surface area contributed by atoms with Crippen LogP contribution in [0.2, 0.25) is 0 Å². The Bertz CT molecular complexity index is 3050. The lowest BCUT2D eigenvalue weighted by molar-refractivity contribution is 0.262. The summed E-state index contributed by atoms with van der Waals surface area (Å²) in [5.74, 6) is -1.66. The molecule has 0 aromatic heterocycles. The minimum Gasteiger partial charge on any atom is -0.506 e. The molecule has 0 radical (unpaired) electrons. The van der Waals surface area contributed by atoms with Gasteiger partial charge in [0.2, 0.25) is 0 Å². The predicted molar refractivity (Wildman–Crippen MR) is 205 cm³/mol. The van der Waals surface area contributed by atoms with E-state index in [0.29, 0.717) is 20.7 Å². The number of rotatable bonds is 6. The molecule has 6 N–H and O–H groups in total. The highest BCUT2D eigenvalue weighted by atomic mass is 32.2. The molecule has 0 fully saturated rings. The van der Waals surface area contributed by atoms with Crippen LogP contribution in [0.1, 0.15) is 11.1 Å². The Labute approximate surface area is 318 Å². The quantitative estimate of drug-likeness (QED) is 0.108. The first-order chi connectivity index (χ1) is 26.2. The van der Waals surface area contributed by atoms with E-state index < -0.39 is 77.4 Å². The van der Waals surface area contributed by atoms with E-state index in [-0.39, 0.29) is 66.8 Å². The summed E-state index contributed by atoms with van der Waals surface area (Å²) < 4.78 is 127. The second kappa shape index (κ2) is 12.0. The SMILES string of the molecule is Cc1ccc2c(NC(=O)Nc3c4ccc(C)c3S(=O)(=O)N4c3c(O)cc(S(=O)(=O)O)c4ccccc34)c1S(=O)(=O)N2c1c(O)cc(S(=O)(=O)O)c2ccccc12. The van der Waals surface area contributed by atoms with E-state index in [1.165, 1.54) is 86.6 Å². The van der Waals surface area contributed by atoms with Gasteiger partial charge in [-0.25, -0.2) is 30.2 Å². The molecule has 6 aromatic carbocycles. The molecular weight excluding hydrogens is 813 g/mol. The number of aromatic hydroxyl groups is 2. The lowest BCUT2D eigenvalue weighted by atomic mass is 10.1.